The SMILES string of the molecule is C=CC1=C(N=CC)c2ccc(-c3c4ccccc4c(-c4cccc5ccccc45)c4ccccc34)cc2C1(c1ccccc1)c1ccccc1. The van der Waals surface area contributed by atoms with E-state index in [0.29, 0.717) is 0 Å². The van der Waals surface area contributed by atoms with Crippen LogP contribution in [0.5, 0.6) is 0 Å². The summed E-state index contributed by atoms with van der Waals surface area (Å²) in [5.74, 6) is 0. The van der Waals surface area contributed by atoms with Crippen LogP contribution in [0.3, 0.4) is 0 Å². The maximum Gasteiger partial charge on any atom is 0.0748 e. The summed E-state index contributed by atoms with van der Waals surface area (Å²) in [4.78, 5) is 5.02. The molecule has 0 heterocycles. The lowest BCUT2D eigenvalue weighted by Crippen LogP contribution is -2.29. The lowest BCUT2D eigenvalue weighted by Gasteiger charge is -2.34. The Hall–Kier alpha value is -6.31. The average molecular weight is 638 g/mol. The third-order valence-corrected chi connectivity index (χ3v) is 10.5. The van der Waals surface area contributed by atoms with Gasteiger partial charge in [-0.25, -0.2) is 0 Å². The second kappa shape index (κ2) is 12.0. The molecule has 0 spiro atoms. The molecule has 0 amide bonds. The number of rotatable bonds is 6. The fourth-order valence-corrected chi connectivity index (χ4v) is 8.54. The molecule has 1 heteroatoms. The zero-order chi connectivity index (χ0) is 33.7. The van der Waals surface area contributed by atoms with E-state index in [0.717, 1.165) is 16.8 Å². The van der Waals surface area contributed by atoms with E-state index in [4.69, 9.17) is 4.99 Å². The zero-order valence-corrected chi connectivity index (χ0v) is 28.0. The molecule has 1 aliphatic rings. The minimum Gasteiger partial charge on any atom is -0.261 e. The molecule has 8 aromatic carbocycles. The fourth-order valence-electron chi connectivity index (χ4n) is 8.54. The van der Waals surface area contributed by atoms with E-state index in [-0.39, 0.29) is 0 Å². The maximum atomic E-state index is 5.02. The first-order valence-corrected chi connectivity index (χ1v) is 17.3. The molecule has 0 fully saturated rings. The van der Waals surface area contributed by atoms with Crippen molar-refractivity contribution in [3.8, 4) is 22.3 Å². The number of nitrogens with zero attached hydrogens (tertiary/aromatic N) is 1. The van der Waals surface area contributed by atoms with Gasteiger partial charge in [-0.3, -0.25) is 4.99 Å². The highest BCUT2D eigenvalue weighted by atomic mass is 14.8. The largest absolute Gasteiger partial charge is 0.261 e. The molecule has 1 aliphatic carbocycles. The Kier molecular flexibility index (Phi) is 7.14. The second-order valence-corrected chi connectivity index (χ2v) is 13.0. The topological polar surface area (TPSA) is 12.4 Å². The van der Waals surface area contributed by atoms with Crippen LogP contribution in [0, 0.1) is 0 Å². The van der Waals surface area contributed by atoms with Gasteiger partial charge in [-0.05, 0) is 89.8 Å². The molecule has 0 unspecified atom stereocenters. The first-order chi connectivity index (χ1) is 24.8. The molecule has 1 nitrogen and oxygen atoms in total. The number of aliphatic imine (C=N–C) groups is 1. The lowest BCUT2D eigenvalue weighted by atomic mass is 9.66. The van der Waals surface area contributed by atoms with Crippen molar-refractivity contribution < 1.29 is 0 Å². The van der Waals surface area contributed by atoms with Gasteiger partial charge < -0.3 is 0 Å². The highest BCUT2D eigenvalue weighted by Gasteiger charge is 2.47. The van der Waals surface area contributed by atoms with Gasteiger partial charge >= 0.3 is 0 Å². The summed E-state index contributed by atoms with van der Waals surface area (Å²) in [7, 11) is 0. The lowest BCUT2D eigenvalue weighted by molar-refractivity contribution is 0.762. The zero-order valence-electron chi connectivity index (χ0n) is 28.0. The van der Waals surface area contributed by atoms with E-state index < -0.39 is 5.41 Å². The summed E-state index contributed by atoms with van der Waals surface area (Å²) in [6.07, 6.45) is 3.92. The fraction of sp³-hybridized carbons (Fsp3) is 0.0408. The van der Waals surface area contributed by atoms with Gasteiger partial charge in [0.2, 0.25) is 0 Å². The summed E-state index contributed by atoms with van der Waals surface area (Å²) in [5, 5.41) is 7.48. The number of benzene rings is 8. The molecular weight excluding hydrogens is 603 g/mol. The van der Waals surface area contributed by atoms with Crippen molar-refractivity contribution in [1.29, 1.82) is 0 Å². The smallest absolute Gasteiger partial charge is 0.0748 e. The van der Waals surface area contributed by atoms with Crippen LogP contribution in [-0.4, -0.2) is 6.21 Å². The van der Waals surface area contributed by atoms with E-state index in [1.54, 1.807) is 0 Å². The number of hydrogen-bond acceptors (Lipinski definition) is 1. The van der Waals surface area contributed by atoms with E-state index in [2.05, 4.69) is 176 Å². The molecule has 0 aromatic heterocycles. The quantitative estimate of drug-likeness (QED) is 0.127. The van der Waals surface area contributed by atoms with Crippen molar-refractivity contribution >= 4 is 44.2 Å². The van der Waals surface area contributed by atoms with Crippen LogP contribution >= 0.6 is 0 Å². The van der Waals surface area contributed by atoms with E-state index in [1.165, 1.54) is 71.3 Å². The van der Waals surface area contributed by atoms with Crippen molar-refractivity contribution in [2.45, 2.75) is 12.3 Å². The van der Waals surface area contributed by atoms with Gasteiger partial charge in [-0.1, -0.05) is 176 Å². The molecule has 9 rings (SSSR count). The van der Waals surface area contributed by atoms with Crippen LogP contribution in [0.4, 0.5) is 0 Å². The van der Waals surface area contributed by atoms with E-state index in [9.17, 15) is 0 Å². The number of fused-ring (bicyclic) bond motifs is 4. The first-order valence-electron chi connectivity index (χ1n) is 17.3. The summed E-state index contributed by atoms with van der Waals surface area (Å²) in [6, 6.07) is 61.9. The summed E-state index contributed by atoms with van der Waals surface area (Å²) in [6.45, 7) is 6.38. The molecule has 0 N–H and O–H groups in total. The molecule has 50 heavy (non-hydrogen) atoms. The Balaban J connectivity index is 1.40. The van der Waals surface area contributed by atoms with Crippen molar-refractivity contribution in [1.82, 2.24) is 0 Å². The van der Waals surface area contributed by atoms with Crippen LogP contribution in [0.2, 0.25) is 0 Å². The Morgan fingerprint density at radius 2 is 1.02 bits per heavy atom. The molecule has 0 atom stereocenters. The normalized spacial score (nSPS) is 13.8. The monoisotopic (exact) mass is 637 g/mol. The summed E-state index contributed by atoms with van der Waals surface area (Å²) in [5.41, 5.74) is 11.2. The first kappa shape index (κ1) is 29.8. The molecule has 8 aromatic rings. The minimum absolute atomic E-state index is 0.591. The third-order valence-electron chi connectivity index (χ3n) is 10.5. The second-order valence-electron chi connectivity index (χ2n) is 13.0. The third kappa shape index (κ3) is 4.30. The molecule has 0 saturated heterocycles. The van der Waals surface area contributed by atoms with Crippen LogP contribution in [0.25, 0.3) is 60.3 Å². The van der Waals surface area contributed by atoms with Crippen LogP contribution in [0.1, 0.15) is 29.2 Å². The van der Waals surface area contributed by atoms with E-state index >= 15 is 0 Å². The number of allylic oxidation sites excluding steroid dienone is 2. The number of hydrogen-bond donors (Lipinski definition) is 0. The highest BCUT2D eigenvalue weighted by Crippen LogP contribution is 2.56. The predicted octanol–water partition coefficient (Wildman–Crippen LogP) is 12.8. The standard InChI is InChI=1S/C49H35N/c1-3-44-48(50-4-2)43-31-30-34(32-45(43)49(44,35-20-7-5-8-21-35)36-22-9-6-10-23-36)46-39-25-13-15-27-41(39)47(42-28-16-14-26-40(42)46)38-29-17-19-33-18-11-12-24-37(33)38/h3-32H,1H2,2H3. The van der Waals surface area contributed by atoms with Gasteiger partial charge in [0.05, 0.1) is 11.1 Å². The van der Waals surface area contributed by atoms with Gasteiger partial charge in [0.15, 0.2) is 0 Å². The van der Waals surface area contributed by atoms with Crippen molar-refractivity contribution in [3.05, 3.63) is 210 Å². The highest BCUT2D eigenvalue weighted by molar-refractivity contribution is 6.23. The Morgan fingerprint density at radius 3 is 1.60 bits per heavy atom. The van der Waals surface area contributed by atoms with Gasteiger partial charge in [0, 0.05) is 11.8 Å². The van der Waals surface area contributed by atoms with Gasteiger partial charge in [0.25, 0.3) is 0 Å². The van der Waals surface area contributed by atoms with E-state index in [1.807, 2.05) is 19.2 Å². The van der Waals surface area contributed by atoms with Crippen molar-refractivity contribution in [2.75, 3.05) is 0 Å². The van der Waals surface area contributed by atoms with Gasteiger partial charge in [0.1, 0.15) is 0 Å². The summed E-state index contributed by atoms with van der Waals surface area (Å²) >= 11 is 0. The molecule has 0 radical (unpaired) electrons. The van der Waals surface area contributed by atoms with Crippen LogP contribution < -0.4 is 0 Å². The molecule has 236 valence electrons. The van der Waals surface area contributed by atoms with Gasteiger partial charge in [-0.15, -0.1) is 0 Å². The molecule has 0 aliphatic heterocycles. The van der Waals surface area contributed by atoms with Crippen LogP contribution in [-0.2, 0) is 5.41 Å². The maximum absolute atomic E-state index is 5.02. The Labute approximate surface area is 293 Å². The van der Waals surface area contributed by atoms with Crippen molar-refractivity contribution in [2.24, 2.45) is 4.99 Å². The Bertz CT molecular complexity index is 2560. The van der Waals surface area contributed by atoms with Gasteiger partial charge in [-0.2, -0.15) is 0 Å². The van der Waals surface area contributed by atoms with Crippen molar-refractivity contribution in [3.63, 3.8) is 0 Å². The minimum atomic E-state index is -0.591. The molecular formula is C49H35N. The Morgan fingerprint density at radius 1 is 0.500 bits per heavy atom. The predicted molar refractivity (Wildman–Crippen MR) is 214 cm³/mol. The van der Waals surface area contributed by atoms with Crippen LogP contribution in [0.15, 0.2) is 193 Å². The molecule has 0 bridgehead atoms. The molecule has 0 saturated carbocycles. The summed E-state index contributed by atoms with van der Waals surface area (Å²) < 4.78 is 0. The average Bonchev–Trinajstić information content (AvgIpc) is 3.46.